The molecule has 28 heavy (non-hydrogen) atoms. The molecule has 0 bridgehead atoms. The molecule has 8 nitrogen and oxygen atoms in total. The molecule has 0 aliphatic carbocycles. The van der Waals surface area contributed by atoms with E-state index in [9.17, 15) is 19.2 Å². The van der Waals surface area contributed by atoms with Crippen LogP contribution < -0.4 is 10.6 Å². The predicted molar refractivity (Wildman–Crippen MR) is 106 cm³/mol. The first-order valence-electron chi connectivity index (χ1n) is 9.98. The Morgan fingerprint density at radius 2 is 0.964 bits per heavy atom. The smallest absolute Gasteiger partial charge is 0.220 e. The van der Waals surface area contributed by atoms with E-state index < -0.39 is 0 Å². The van der Waals surface area contributed by atoms with Gasteiger partial charge in [-0.3, -0.25) is 19.2 Å². The Hall–Kier alpha value is -1.80. The molecule has 0 saturated heterocycles. The second kappa shape index (κ2) is 16.2. The van der Waals surface area contributed by atoms with E-state index in [2.05, 4.69) is 10.6 Å². The third kappa shape index (κ3) is 15.3. The second-order valence-corrected chi connectivity index (χ2v) is 7.17. The summed E-state index contributed by atoms with van der Waals surface area (Å²) in [5.74, 6) is -0.219. The van der Waals surface area contributed by atoms with E-state index in [1.165, 1.54) is 0 Å². The van der Waals surface area contributed by atoms with E-state index >= 15 is 0 Å². The molecule has 0 radical (unpaired) electrons. The van der Waals surface area contributed by atoms with Gasteiger partial charge in [-0.25, -0.2) is 0 Å². The summed E-state index contributed by atoms with van der Waals surface area (Å²) in [6, 6.07) is 0. The number of rotatable bonds is 17. The van der Waals surface area contributed by atoms with Crippen molar-refractivity contribution in [3.05, 3.63) is 0 Å². The number of hydrogen-bond acceptors (Lipinski definition) is 6. The molecule has 0 saturated carbocycles. The number of ether oxygens (including phenoxy) is 2. The molecule has 0 aliphatic rings. The Labute approximate surface area is 168 Å². The highest BCUT2D eigenvalue weighted by atomic mass is 16.5. The van der Waals surface area contributed by atoms with E-state index in [0.29, 0.717) is 39.5 Å². The summed E-state index contributed by atoms with van der Waals surface area (Å²) in [4.78, 5) is 46.0. The van der Waals surface area contributed by atoms with Gasteiger partial charge in [0.2, 0.25) is 11.8 Å². The van der Waals surface area contributed by atoms with Gasteiger partial charge in [0, 0.05) is 50.6 Å². The summed E-state index contributed by atoms with van der Waals surface area (Å²) in [5.41, 5.74) is 0. The molecule has 0 aromatic carbocycles. The lowest BCUT2D eigenvalue weighted by Crippen LogP contribution is -2.29. The van der Waals surface area contributed by atoms with Gasteiger partial charge in [0.1, 0.15) is 11.6 Å². The first-order valence-corrected chi connectivity index (χ1v) is 9.98. The molecule has 0 aromatic heterocycles. The lowest BCUT2D eigenvalue weighted by Gasteiger charge is -2.09. The molecule has 0 spiro atoms. The lowest BCUT2D eigenvalue weighted by molar-refractivity contribution is -0.127. The SMILES string of the molecule is CC(C)C(=O)CCC(=O)NCCOCCOCCNC(=O)CCC(=O)C(C)C. The maximum Gasteiger partial charge on any atom is 0.220 e. The Morgan fingerprint density at radius 1 is 0.607 bits per heavy atom. The van der Waals surface area contributed by atoms with Crippen LogP contribution in [0, 0.1) is 11.8 Å². The fourth-order valence-electron chi connectivity index (χ4n) is 2.07. The van der Waals surface area contributed by atoms with Gasteiger partial charge in [-0.15, -0.1) is 0 Å². The quantitative estimate of drug-likeness (QED) is 0.356. The van der Waals surface area contributed by atoms with Crippen LogP contribution in [-0.2, 0) is 28.7 Å². The summed E-state index contributed by atoms with van der Waals surface area (Å²) < 4.78 is 10.7. The monoisotopic (exact) mass is 400 g/mol. The number of ketones is 2. The Bertz CT molecular complexity index is 447. The van der Waals surface area contributed by atoms with E-state index in [1.54, 1.807) is 0 Å². The average Bonchev–Trinajstić information content (AvgIpc) is 2.65. The third-order valence-corrected chi connectivity index (χ3v) is 3.99. The van der Waals surface area contributed by atoms with Gasteiger partial charge >= 0.3 is 0 Å². The minimum Gasteiger partial charge on any atom is -0.377 e. The van der Waals surface area contributed by atoms with Crippen LogP contribution in [-0.4, -0.2) is 62.9 Å². The van der Waals surface area contributed by atoms with Crippen LogP contribution in [0.1, 0.15) is 53.4 Å². The molecule has 2 N–H and O–H groups in total. The highest BCUT2D eigenvalue weighted by molar-refractivity contribution is 5.86. The molecule has 0 unspecified atom stereocenters. The van der Waals surface area contributed by atoms with Crippen molar-refractivity contribution in [3.8, 4) is 0 Å². The van der Waals surface area contributed by atoms with Crippen molar-refractivity contribution in [2.45, 2.75) is 53.4 Å². The highest BCUT2D eigenvalue weighted by Crippen LogP contribution is 2.02. The van der Waals surface area contributed by atoms with Crippen LogP contribution in [0.2, 0.25) is 0 Å². The molecule has 0 aliphatic heterocycles. The molecule has 0 heterocycles. The van der Waals surface area contributed by atoms with E-state index in [0.717, 1.165) is 0 Å². The van der Waals surface area contributed by atoms with Gasteiger partial charge in [0.05, 0.1) is 26.4 Å². The lowest BCUT2D eigenvalue weighted by atomic mass is 10.0. The topological polar surface area (TPSA) is 111 Å². The fourth-order valence-corrected chi connectivity index (χ4v) is 2.07. The maximum atomic E-state index is 11.6. The van der Waals surface area contributed by atoms with E-state index in [-0.39, 0.29) is 60.9 Å². The van der Waals surface area contributed by atoms with Crippen LogP contribution in [0.15, 0.2) is 0 Å². The van der Waals surface area contributed by atoms with Gasteiger partial charge in [-0.2, -0.15) is 0 Å². The van der Waals surface area contributed by atoms with E-state index in [4.69, 9.17) is 9.47 Å². The maximum absolute atomic E-state index is 11.6. The Balaban J connectivity index is 3.42. The predicted octanol–water partition coefficient (Wildman–Crippen LogP) is 1.26. The van der Waals surface area contributed by atoms with Crippen LogP contribution >= 0.6 is 0 Å². The molecule has 0 rings (SSSR count). The molecule has 162 valence electrons. The van der Waals surface area contributed by atoms with Gasteiger partial charge < -0.3 is 20.1 Å². The molecule has 0 atom stereocenters. The minimum absolute atomic E-state index is 0.0430. The number of carbonyl (C=O) groups excluding carboxylic acids is 4. The zero-order valence-electron chi connectivity index (χ0n) is 17.7. The van der Waals surface area contributed by atoms with Crippen LogP contribution in [0.25, 0.3) is 0 Å². The molecule has 0 fully saturated rings. The van der Waals surface area contributed by atoms with Crippen LogP contribution in [0.3, 0.4) is 0 Å². The summed E-state index contributed by atoms with van der Waals surface area (Å²) in [7, 11) is 0. The Kier molecular flexibility index (Phi) is 15.1. The number of hydrogen-bond donors (Lipinski definition) is 2. The number of nitrogens with one attached hydrogen (secondary N) is 2. The van der Waals surface area contributed by atoms with Crippen molar-refractivity contribution < 1.29 is 28.7 Å². The number of carbonyl (C=O) groups is 4. The highest BCUT2D eigenvalue weighted by Gasteiger charge is 2.10. The van der Waals surface area contributed by atoms with Crippen LogP contribution in [0.5, 0.6) is 0 Å². The van der Waals surface area contributed by atoms with Crippen molar-refractivity contribution in [1.82, 2.24) is 10.6 Å². The van der Waals surface area contributed by atoms with Gasteiger partial charge in [0.25, 0.3) is 0 Å². The molecule has 8 heteroatoms. The molecular weight excluding hydrogens is 364 g/mol. The second-order valence-electron chi connectivity index (χ2n) is 7.17. The van der Waals surface area contributed by atoms with E-state index in [1.807, 2.05) is 27.7 Å². The average molecular weight is 401 g/mol. The zero-order chi connectivity index (χ0) is 21.4. The standard InChI is InChI=1S/C20H36N2O6/c1-15(2)17(23)5-7-19(25)21-9-11-27-13-14-28-12-10-22-20(26)8-6-18(24)16(3)4/h15-16H,5-14H2,1-4H3,(H,21,25)(H,22,26). The molecule has 2 amide bonds. The van der Waals surface area contributed by atoms with Gasteiger partial charge in [-0.1, -0.05) is 27.7 Å². The largest absolute Gasteiger partial charge is 0.377 e. The van der Waals surface area contributed by atoms with Crippen molar-refractivity contribution in [1.29, 1.82) is 0 Å². The van der Waals surface area contributed by atoms with Crippen LogP contribution in [0.4, 0.5) is 0 Å². The molecule has 0 aromatic rings. The first-order chi connectivity index (χ1) is 13.2. The third-order valence-electron chi connectivity index (χ3n) is 3.99. The van der Waals surface area contributed by atoms with Crippen molar-refractivity contribution in [2.75, 3.05) is 39.5 Å². The van der Waals surface area contributed by atoms with Crippen molar-refractivity contribution in [3.63, 3.8) is 0 Å². The summed E-state index contributed by atoms with van der Waals surface area (Å²) in [6.45, 7) is 9.57. The summed E-state index contributed by atoms with van der Waals surface area (Å²) >= 11 is 0. The Morgan fingerprint density at radius 3 is 1.29 bits per heavy atom. The zero-order valence-corrected chi connectivity index (χ0v) is 17.7. The first kappa shape index (κ1) is 26.2. The number of Topliss-reactive ketones (excluding diaryl/α,β-unsaturated/α-hetero) is 2. The van der Waals surface area contributed by atoms with Crippen molar-refractivity contribution >= 4 is 23.4 Å². The van der Waals surface area contributed by atoms with Crippen molar-refractivity contribution in [2.24, 2.45) is 11.8 Å². The molecular formula is C20H36N2O6. The fraction of sp³-hybridized carbons (Fsp3) is 0.800. The normalized spacial score (nSPS) is 10.9. The minimum atomic E-state index is -0.153. The van der Waals surface area contributed by atoms with Gasteiger partial charge in [0.15, 0.2) is 0 Å². The summed E-state index contributed by atoms with van der Waals surface area (Å²) in [6.07, 6.45) is 0.945. The number of amides is 2. The van der Waals surface area contributed by atoms with Gasteiger partial charge in [-0.05, 0) is 0 Å². The summed E-state index contributed by atoms with van der Waals surface area (Å²) in [5, 5.41) is 5.40.